The van der Waals surface area contributed by atoms with E-state index in [2.05, 4.69) is 9.80 Å². The number of carboxylic acids is 1. The lowest BCUT2D eigenvalue weighted by atomic mass is 10.2. The molecule has 0 aliphatic carbocycles. The summed E-state index contributed by atoms with van der Waals surface area (Å²) in [5.41, 5.74) is 0.199. The number of carboxylic acid groups (broad SMARTS) is 1. The molecule has 2 unspecified atom stereocenters. The smallest absolute Gasteiger partial charge is 0.339 e. The molecule has 0 radical (unpaired) electrons. The highest BCUT2D eigenvalue weighted by Crippen LogP contribution is 2.23. The minimum absolute atomic E-state index is 0.199. The third kappa shape index (κ3) is 3.34. The number of likely N-dealkylation sites (N-methyl/N-ethyl adjacent to an activating group) is 1. The summed E-state index contributed by atoms with van der Waals surface area (Å²) in [7, 11) is 3.97. The van der Waals surface area contributed by atoms with Crippen molar-refractivity contribution in [3.05, 3.63) is 23.7 Å². The number of nitrogens with zero attached hydrogens (tertiary/aromatic N) is 2. The van der Waals surface area contributed by atoms with Gasteiger partial charge in [-0.25, -0.2) is 4.79 Å². The largest absolute Gasteiger partial charge is 0.478 e. The SMILES string of the molecule is CN(C)CC1CC(O)CN1Cc1occc1C(=O)O. The molecule has 1 fully saturated rings. The number of likely N-dealkylation sites (tertiary alicyclic amines) is 1. The quantitative estimate of drug-likeness (QED) is 0.808. The highest BCUT2D eigenvalue weighted by molar-refractivity contribution is 5.88. The number of β-amino-alcohol motifs (C(OH)–C–C–N with tert-alkyl or cyclic N) is 1. The normalized spacial score (nSPS) is 24.2. The van der Waals surface area contributed by atoms with E-state index in [1.165, 1.54) is 12.3 Å². The second kappa shape index (κ2) is 5.73. The Morgan fingerprint density at radius 3 is 2.95 bits per heavy atom. The monoisotopic (exact) mass is 268 g/mol. The predicted octanol–water partition coefficient (Wildman–Crippen LogP) is 0.475. The van der Waals surface area contributed by atoms with Crippen LogP contribution in [-0.2, 0) is 6.54 Å². The second-order valence-electron chi connectivity index (χ2n) is 5.30. The molecule has 2 rings (SSSR count). The van der Waals surface area contributed by atoms with Gasteiger partial charge in [-0.15, -0.1) is 0 Å². The van der Waals surface area contributed by atoms with Crippen LogP contribution in [0.15, 0.2) is 16.7 Å². The van der Waals surface area contributed by atoms with Gasteiger partial charge >= 0.3 is 5.97 Å². The van der Waals surface area contributed by atoms with Crippen molar-refractivity contribution in [3.63, 3.8) is 0 Å². The summed E-state index contributed by atoms with van der Waals surface area (Å²) in [4.78, 5) is 15.2. The summed E-state index contributed by atoms with van der Waals surface area (Å²) in [5.74, 6) is -0.530. The first kappa shape index (κ1) is 14.0. The van der Waals surface area contributed by atoms with Crippen molar-refractivity contribution in [2.24, 2.45) is 0 Å². The van der Waals surface area contributed by atoms with E-state index in [-0.39, 0.29) is 17.7 Å². The van der Waals surface area contributed by atoms with E-state index in [1.54, 1.807) is 0 Å². The number of aliphatic hydroxyl groups is 1. The van der Waals surface area contributed by atoms with E-state index >= 15 is 0 Å². The Morgan fingerprint density at radius 2 is 2.32 bits per heavy atom. The van der Waals surface area contributed by atoms with E-state index in [0.29, 0.717) is 25.3 Å². The maximum atomic E-state index is 11.0. The molecule has 1 saturated heterocycles. The molecule has 2 heterocycles. The summed E-state index contributed by atoms with van der Waals surface area (Å²) in [6.07, 6.45) is 1.75. The van der Waals surface area contributed by atoms with Gasteiger partial charge in [-0.2, -0.15) is 0 Å². The van der Waals surface area contributed by atoms with Crippen LogP contribution in [0.2, 0.25) is 0 Å². The molecule has 6 heteroatoms. The summed E-state index contributed by atoms with van der Waals surface area (Å²) in [6.45, 7) is 1.81. The molecule has 0 saturated carbocycles. The number of carbonyl (C=O) groups is 1. The van der Waals surface area contributed by atoms with Crippen molar-refractivity contribution in [2.75, 3.05) is 27.2 Å². The molecule has 1 aliphatic rings. The van der Waals surface area contributed by atoms with Crippen LogP contribution in [0.5, 0.6) is 0 Å². The number of hydrogen-bond donors (Lipinski definition) is 2. The Balaban J connectivity index is 2.08. The lowest BCUT2D eigenvalue weighted by molar-refractivity contribution is 0.0691. The van der Waals surface area contributed by atoms with E-state index in [4.69, 9.17) is 9.52 Å². The molecule has 1 aromatic rings. The average molecular weight is 268 g/mol. The van der Waals surface area contributed by atoms with Crippen molar-refractivity contribution < 1.29 is 19.4 Å². The summed E-state index contributed by atoms with van der Waals surface area (Å²) in [5, 5.41) is 18.8. The molecule has 0 aromatic carbocycles. The Morgan fingerprint density at radius 1 is 1.58 bits per heavy atom. The van der Waals surface area contributed by atoms with Crippen LogP contribution in [0.25, 0.3) is 0 Å². The summed E-state index contributed by atoms with van der Waals surface area (Å²) in [6, 6.07) is 1.68. The molecule has 6 nitrogen and oxygen atoms in total. The van der Waals surface area contributed by atoms with Gasteiger partial charge in [-0.05, 0) is 26.6 Å². The Hall–Kier alpha value is -1.37. The van der Waals surface area contributed by atoms with Crippen LogP contribution >= 0.6 is 0 Å². The van der Waals surface area contributed by atoms with Gasteiger partial charge in [0.25, 0.3) is 0 Å². The van der Waals surface area contributed by atoms with E-state index in [0.717, 1.165) is 6.54 Å². The van der Waals surface area contributed by atoms with Crippen molar-refractivity contribution >= 4 is 5.97 Å². The fourth-order valence-electron chi connectivity index (χ4n) is 2.60. The van der Waals surface area contributed by atoms with Gasteiger partial charge in [0.15, 0.2) is 0 Å². The minimum atomic E-state index is -0.979. The molecule has 2 N–H and O–H groups in total. The van der Waals surface area contributed by atoms with Gasteiger partial charge in [0, 0.05) is 19.1 Å². The average Bonchev–Trinajstić information content (AvgIpc) is 2.86. The second-order valence-corrected chi connectivity index (χ2v) is 5.30. The number of furan rings is 1. The van der Waals surface area contributed by atoms with Crippen molar-refractivity contribution in [2.45, 2.75) is 25.1 Å². The maximum Gasteiger partial charge on any atom is 0.339 e. The van der Waals surface area contributed by atoms with Crippen LogP contribution in [0, 0.1) is 0 Å². The number of aliphatic hydroxyl groups excluding tert-OH is 1. The van der Waals surface area contributed by atoms with E-state index in [9.17, 15) is 9.90 Å². The summed E-state index contributed by atoms with van der Waals surface area (Å²) >= 11 is 0. The number of hydrogen-bond acceptors (Lipinski definition) is 5. The van der Waals surface area contributed by atoms with Gasteiger partial charge in [0.05, 0.1) is 18.9 Å². The molecular weight excluding hydrogens is 248 g/mol. The Kier molecular flexibility index (Phi) is 4.24. The number of rotatable bonds is 5. The third-order valence-electron chi connectivity index (χ3n) is 3.40. The molecule has 0 spiro atoms. The number of aromatic carboxylic acids is 1. The van der Waals surface area contributed by atoms with E-state index < -0.39 is 5.97 Å². The molecule has 106 valence electrons. The van der Waals surface area contributed by atoms with Crippen molar-refractivity contribution in [1.29, 1.82) is 0 Å². The Bertz CT molecular complexity index is 444. The molecular formula is C13H20N2O4. The zero-order chi connectivity index (χ0) is 14.0. The molecule has 0 amide bonds. The van der Waals surface area contributed by atoms with Gasteiger partial charge in [0.2, 0.25) is 0 Å². The van der Waals surface area contributed by atoms with Crippen LogP contribution in [0.1, 0.15) is 22.5 Å². The molecule has 2 atom stereocenters. The molecule has 0 bridgehead atoms. The lowest BCUT2D eigenvalue weighted by Crippen LogP contribution is -2.37. The van der Waals surface area contributed by atoms with Crippen LogP contribution in [0.3, 0.4) is 0 Å². The topological polar surface area (TPSA) is 77.2 Å². The summed E-state index contributed by atoms with van der Waals surface area (Å²) < 4.78 is 5.26. The maximum absolute atomic E-state index is 11.0. The highest BCUT2D eigenvalue weighted by Gasteiger charge is 2.32. The van der Waals surface area contributed by atoms with Gasteiger partial charge < -0.3 is 19.5 Å². The van der Waals surface area contributed by atoms with Crippen LogP contribution in [0.4, 0.5) is 0 Å². The molecule has 1 aliphatic heterocycles. The third-order valence-corrected chi connectivity index (χ3v) is 3.40. The molecule has 1 aromatic heterocycles. The highest BCUT2D eigenvalue weighted by atomic mass is 16.4. The standard InChI is InChI=1S/C13H20N2O4/c1-14(2)6-9-5-10(16)7-15(9)8-12-11(13(17)18)3-4-19-12/h3-4,9-10,16H,5-8H2,1-2H3,(H,17,18). The first-order chi connectivity index (χ1) is 8.97. The van der Waals surface area contributed by atoms with Gasteiger partial charge in [0.1, 0.15) is 11.3 Å². The van der Waals surface area contributed by atoms with Crippen molar-refractivity contribution in [3.8, 4) is 0 Å². The van der Waals surface area contributed by atoms with Crippen LogP contribution < -0.4 is 0 Å². The van der Waals surface area contributed by atoms with Crippen molar-refractivity contribution in [1.82, 2.24) is 9.80 Å². The van der Waals surface area contributed by atoms with E-state index in [1.807, 2.05) is 14.1 Å². The van der Waals surface area contributed by atoms with Gasteiger partial charge in [-0.3, -0.25) is 4.90 Å². The molecule has 19 heavy (non-hydrogen) atoms. The van der Waals surface area contributed by atoms with Gasteiger partial charge in [-0.1, -0.05) is 0 Å². The Labute approximate surface area is 112 Å². The first-order valence-corrected chi connectivity index (χ1v) is 6.34. The first-order valence-electron chi connectivity index (χ1n) is 6.34. The zero-order valence-electron chi connectivity index (χ0n) is 11.2. The zero-order valence-corrected chi connectivity index (χ0v) is 11.2. The fourth-order valence-corrected chi connectivity index (χ4v) is 2.60. The predicted molar refractivity (Wildman–Crippen MR) is 69.0 cm³/mol. The van der Waals surface area contributed by atoms with Crippen LogP contribution in [-0.4, -0.2) is 65.3 Å². The lowest BCUT2D eigenvalue weighted by Gasteiger charge is -2.25. The fraction of sp³-hybridized carbons (Fsp3) is 0.615. The minimum Gasteiger partial charge on any atom is -0.478 e.